The third-order valence-corrected chi connectivity index (χ3v) is 5.89. The predicted molar refractivity (Wildman–Crippen MR) is 115 cm³/mol. The van der Waals surface area contributed by atoms with Crippen LogP contribution in [0, 0.1) is 0 Å². The normalized spacial score (nSPS) is 14.3. The standard InChI is InChI=1S/C21H19N5O2S/c27-20(18-13-17(24-25-18)14-4-2-1-3-5-14)22-15-6-7-16-19(12-15)29-21(23-16)26-8-10-28-11-9-26/h1-7,12-13H,8-11H2,(H,22,27)(H,24,25). The molecular weight excluding hydrogens is 386 g/mol. The van der Waals surface area contributed by atoms with Gasteiger partial charge in [0.15, 0.2) is 5.13 Å². The van der Waals surface area contributed by atoms with E-state index in [1.165, 1.54) is 0 Å². The minimum Gasteiger partial charge on any atom is -0.378 e. The number of benzene rings is 2. The largest absolute Gasteiger partial charge is 0.378 e. The molecule has 1 aliphatic rings. The van der Waals surface area contributed by atoms with E-state index in [1.54, 1.807) is 17.4 Å². The van der Waals surface area contributed by atoms with Gasteiger partial charge in [-0.3, -0.25) is 9.89 Å². The van der Waals surface area contributed by atoms with Crippen LogP contribution in [0.5, 0.6) is 0 Å². The molecule has 29 heavy (non-hydrogen) atoms. The van der Waals surface area contributed by atoms with Gasteiger partial charge in [0.05, 0.1) is 29.1 Å². The number of carbonyl (C=O) groups excluding carboxylic acids is 1. The molecule has 1 amide bonds. The topological polar surface area (TPSA) is 83.1 Å². The zero-order valence-corrected chi connectivity index (χ0v) is 16.4. The van der Waals surface area contributed by atoms with Crippen molar-refractivity contribution in [2.75, 3.05) is 36.5 Å². The quantitative estimate of drug-likeness (QED) is 0.540. The minimum absolute atomic E-state index is 0.225. The molecule has 0 atom stereocenters. The molecular formula is C21H19N5O2S. The number of H-pyrrole nitrogens is 1. The highest BCUT2D eigenvalue weighted by Gasteiger charge is 2.16. The predicted octanol–water partition coefficient (Wildman–Crippen LogP) is 3.78. The summed E-state index contributed by atoms with van der Waals surface area (Å²) in [5.41, 5.74) is 3.79. The van der Waals surface area contributed by atoms with Crippen molar-refractivity contribution in [3.05, 3.63) is 60.3 Å². The molecule has 146 valence electrons. The summed E-state index contributed by atoms with van der Waals surface area (Å²) >= 11 is 1.63. The molecule has 2 N–H and O–H groups in total. The molecule has 0 aliphatic carbocycles. The van der Waals surface area contributed by atoms with Gasteiger partial charge in [0.2, 0.25) is 0 Å². The van der Waals surface area contributed by atoms with Crippen molar-refractivity contribution in [1.29, 1.82) is 0 Å². The van der Waals surface area contributed by atoms with E-state index in [1.807, 2.05) is 48.5 Å². The third-order valence-electron chi connectivity index (χ3n) is 4.81. The number of aromatic amines is 1. The molecule has 0 bridgehead atoms. The molecule has 0 unspecified atom stereocenters. The van der Waals surface area contributed by atoms with Crippen molar-refractivity contribution >= 4 is 38.3 Å². The minimum atomic E-state index is -0.225. The number of rotatable bonds is 4. The molecule has 5 rings (SSSR count). The molecule has 2 aromatic heterocycles. The summed E-state index contributed by atoms with van der Waals surface area (Å²) in [6, 6.07) is 17.3. The van der Waals surface area contributed by atoms with Crippen molar-refractivity contribution < 1.29 is 9.53 Å². The second-order valence-electron chi connectivity index (χ2n) is 6.77. The maximum absolute atomic E-state index is 12.6. The van der Waals surface area contributed by atoms with Crippen LogP contribution in [-0.4, -0.2) is 47.4 Å². The molecule has 0 spiro atoms. The van der Waals surface area contributed by atoms with E-state index < -0.39 is 0 Å². The van der Waals surface area contributed by atoms with Crippen molar-refractivity contribution in [2.24, 2.45) is 0 Å². The van der Waals surface area contributed by atoms with Crippen LogP contribution in [0.3, 0.4) is 0 Å². The summed E-state index contributed by atoms with van der Waals surface area (Å²) in [5.74, 6) is -0.225. The summed E-state index contributed by atoms with van der Waals surface area (Å²) in [6.07, 6.45) is 0. The summed E-state index contributed by atoms with van der Waals surface area (Å²) in [4.78, 5) is 19.6. The number of thiazole rings is 1. The summed E-state index contributed by atoms with van der Waals surface area (Å²) in [6.45, 7) is 3.17. The van der Waals surface area contributed by atoms with Crippen LogP contribution in [0.1, 0.15) is 10.5 Å². The van der Waals surface area contributed by atoms with Gasteiger partial charge in [-0.2, -0.15) is 5.10 Å². The van der Waals surface area contributed by atoms with Gasteiger partial charge < -0.3 is 15.0 Å². The first kappa shape index (κ1) is 17.8. The number of nitrogens with zero attached hydrogens (tertiary/aromatic N) is 3. The number of morpholine rings is 1. The molecule has 1 aliphatic heterocycles. The molecule has 1 saturated heterocycles. The first-order valence-electron chi connectivity index (χ1n) is 9.42. The van der Waals surface area contributed by atoms with Gasteiger partial charge in [-0.1, -0.05) is 41.7 Å². The average molecular weight is 405 g/mol. The Bertz CT molecular complexity index is 1150. The fraction of sp³-hybridized carbons (Fsp3) is 0.190. The molecule has 0 saturated carbocycles. The summed E-state index contributed by atoms with van der Waals surface area (Å²) < 4.78 is 6.45. The first-order chi connectivity index (χ1) is 14.3. The second kappa shape index (κ2) is 7.65. The van der Waals surface area contributed by atoms with E-state index in [0.717, 1.165) is 58.6 Å². The number of fused-ring (bicyclic) bond motifs is 1. The summed E-state index contributed by atoms with van der Waals surface area (Å²) in [5, 5.41) is 11.0. The number of anilines is 2. The van der Waals surface area contributed by atoms with Gasteiger partial charge in [-0.25, -0.2) is 4.98 Å². The Kier molecular flexibility index (Phi) is 4.71. The lowest BCUT2D eigenvalue weighted by molar-refractivity contribution is 0.102. The Morgan fingerprint density at radius 1 is 1.10 bits per heavy atom. The molecule has 3 heterocycles. The maximum atomic E-state index is 12.6. The van der Waals surface area contributed by atoms with Gasteiger partial charge >= 0.3 is 0 Å². The smallest absolute Gasteiger partial charge is 0.273 e. The lowest BCUT2D eigenvalue weighted by atomic mass is 10.1. The number of carbonyl (C=O) groups is 1. The third kappa shape index (κ3) is 3.72. The zero-order chi connectivity index (χ0) is 19.6. The highest BCUT2D eigenvalue weighted by Crippen LogP contribution is 2.31. The second-order valence-corrected chi connectivity index (χ2v) is 7.77. The van der Waals surface area contributed by atoms with Gasteiger partial charge in [0, 0.05) is 24.3 Å². The van der Waals surface area contributed by atoms with Gasteiger partial charge in [0.1, 0.15) is 5.69 Å². The highest BCUT2D eigenvalue weighted by atomic mass is 32.1. The first-order valence-corrected chi connectivity index (χ1v) is 10.2. The average Bonchev–Trinajstić information content (AvgIpc) is 3.42. The molecule has 1 fully saturated rings. The maximum Gasteiger partial charge on any atom is 0.273 e. The van der Waals surface area contributed by atoms with Crippen molar-refractivity contribution in [3.63, 3.8) is 0 Å². The fourth-order valence-corrected chi connectivity index (χ4v) is 4.33. The van der Waals surface area contributed by atoms with Gasteiger partial charge in [-0.15, -0.1) is 0 Å². The molecule has 2 aromatic carbocycles. The number of hydrogen-bond acceptors (Lipinski definition) is 6. The Labute approximate surface area is 171 Å². The van der Waals surface area contributed by atoms with E-state index in [9.17, 15) is 4.79 Å². The zero-order valence-electron chi connectivity index (χ0n) is 15.6. The van der Waals surface area contributed by atoms with E-state index in [4.69, 9.17) is 9.72 Å². The van der Waals surface area contributed by atoms with Crippen LogP contribution in [-0.2, 0) is 4.74 Å². The lowest BCUT2D eigenvalue weighted by Gasteiger charge is -2.25. The van der Waals surface area contributed by atoms with E-state index in [-0.39, 0.29) is 5.91 Å². The Morgan fingerprint density at radius 2 is 1.93 bits per heavy atom. The van der Waals surface area contributed by atoms with E-state index >= 15 is 0 Å². The SMILES string of the molecule is O=C(Nc1ccc2nc(N3CCOCC3)sc2c1)c1cc(-c2ccccc2)n[nH]1. The van der Waals surface area contributed by atoms with Gasteiger partial charge in [-0.05, 0) is 24.3 Å². The summed E-state index contributed by atoms with van der Waals surface area (Å²) in [7, 11) is 0. The van der Waals surface area contributed by atoms with Crippen LogP contribution < -0.4 is 10.2 Å². The highest BCUT2D eigenvalue weighted by molar-refractivity contribution is 7.22. The van der Waals surface area contributed by atoms with Crippen molar-refractivity contribution in [1.82, 2.24) is 15.2 Å². The van der Waals surface area contributed by atoms with E-state index in [2.05, 4.69) is 20.4 Å². The Hall–Kier alpha value is -3.23. The Morgan fingerprint density at radius 3 is 2.76 bits per heavy atom. The van der Waals surface area contributed by atoms with Crippen LogP contribution in [0.4, 0.5) is 10.8 Å². The van der Waals surface area contributed by atoms with Crippen LogP contribution in [0.2, 0.25) is 0 Å². The van der Waals surface area contributed by atoms with Gasteiger partial charge in [0.25, 0.3) is 5.91 Å². The molecule has 7 nitrogen and oxygen atoms in total. The Balaban J connectivity index is 1.33. The molecule has 0 radical (unpaired) electrons. The number of amides is 1. The monoisotopic (exact) mass is 405 g/mol. The van der Waals surface area contributed by atoms with Crippen LogP contribution in [0.15, 0.2) is 54.6 Å². The van der Waals surface area contributed by atoms with E-state index in [0.29, 0.717) is 5.69 Å². The number of hydrogen-bond donors (Lipinski definition) is 2. The van der Waals surface area contributed by atoms with Crippen LogP contribution >= 0.6 is 11.3 Å². The lowest BCUT2D eigenvalue weighted by Crippen LogP contribution is -2.36. The fourth-order valence-electron chi connectivity index (χ4n) is 3.27. The number of aromatic nitrogens is 3. The number of ether oxygens (including phenoxy) is 1. The van der Waals surface area contributed by atoms with Crippen molar-refractivity contribution in [2.45, 2.75) is 0 Å². The molecule has 4 aromatic rings. The number of nitrogens with one attached hydrogen (secondary N) is 2. The molecule has 8 heteroatoms. The van der Waals surface area contributed by atoms with Crippen molar-refractivity contribution in [3.8, 4) is 11.3 Å². The van der Waals surface area contributed by atoms with Crippen LogP contribution in [0.25, 0.3) is 21.5 Å².